The summed E-state index contributed by atoms with van der Waals surface area (Å²) in [6.07, 6.45) is 2.55. The number of nitrogens with one attached hydrogen (secondary N) is 1. The molecular formula is C13H19BrN4O. The van der Waals surface area contributed by atoms with Gasteiger partial charge >= 0.3 is 0 Å². The zero-order chi connectivity index (χ0) is 14.0. The van der Waals surface area contributed by atoms with Crippen LogP contribution < -0.4 is 11.1 Å². The Labute approximate surface area is 121 Å². The lowest BCUT2D eigenvalue weighted by Gasteiger charge is -2.35. The van der Waals surface area contributed by atoms with E-state index in [1.165, 1.54) is 0 Å². The molecule has 0 spiro atoms. The van der Waals surface area contributed by atoms with Crippen LogP contribution in [0.4, 0.5) is 5.82 Å². The van der Waals surface area contributed by atoms with E-state index in [4.69, 9.17) is 5.73 Å². The molecule has 19 heavy (non-hydrogen) atoms. The highest BCUT2D eigenvalue weighted by atomic mass is 79.9. The van der Waals surface area contributed by atoms with E-state index in [2.05, 4.69) is 45.1 Å². The van der Waals surface area contributed by atoms with Crippen LogP contribution in [-0.2, 0) is 0 Å². The number of hydrogen-bond donors (Lipinski definition) is 2. The average molecular weight is 327 g/mol. The number of likely N-dealkylation sites (tertiary alicyclic amines) is 1. The van der Waals surface area contributed by atoms with E-state index in [1.807, 2.05) is 0 Å². The van der Waals surface area contributed by atoms with Gasteiger partial charge in [-0.2, -0.15) is 0 Å². The number of carbonyl (C=O) groups excluding carboxylic acids is 1. The maximum Gasteiger partial charge on any atom is 0.255 e. The van der Waals surface area contributed by atoms with Gasteiger partial charge in [0.2, 0.25) is 0 Å². The Bertz CT molecular complexity index is 480. The predicted molar refractivity (Wildman–Crippen MR) is 78.9 cm³/mol. The summed E-state index contributed by atoms with van der Waals surface area (Å²) in [5.74, 6) is 0.554. The fourth-order valence-corrected chi connectivity index (χ4v) is 2.78. The summed E-state index contributed by atoms with van der Waals surface area (Å²) in [6, 6.07) is 1.90. The van der Waals surface area contributed by atoms with Gasteiger partial charge < -0.3 is 16.0 Å². The number of hydrogen-bond acceptors (Lipinski definition) is 4. The number of pyridine rings is 1. The summed E-state index contributed by atoms with van der Waals surface area (Å²) in [4.78, 5) is 18.5. The monoisotopic (exact) mass is 326 g/mol. The Morgan fingerprint density at radius 3 is 3.05 bits per heavy atom. The van der Waals surface area contributed by atoms with Crippen molar-refractivity contribution in [1.82, 2.24) is 15.2 Å². The number of amides is 1. The molecule has 1 amide bonds. The number of halogens is 1. The van der Waals surface area contributed by atoms with E-state index < -0.39 is 0 Å². The van der Waals surface area contributed by atoms with Crippen molar-refractivity contribution in [2.45, 2.75) is 19.4 Å². The van der Waals surface area contributed by atoms with Crippen molar-refractivity contribution in [3.8, 4) is 0 Å². The van der Waals surface area contributed by atoms with Crippen LogP contribution in [0.5, 0.6) is 0 Å². The molecule has 0 bridgehead atoms. The first-order valence-corrected chi connectivity index (χ1v) is 7.17. The van der Waals surface area contributed by atoms with Gasteiger partial charge in [-0.3, -0.25) is 4.79 Å². The molecule has 2 unspecified atom stereocenters. The fourth-order valence-electron chi connectivity index (χ4n) is 2.45. The molecule has 6 heteroatoms. The lowest BCUT2D eigenvalue weighted by Crippen LogP contribution is -2.49. The minimum absolute atomic E-state index is 0.146. The molecule has 3 N–H and O–H groups in total. The molecule has 5 nitrogen and oxygen atoms in total. The zero-order valence-electron chi connectivity index (χ0n) is 11.2. The van der Waals surface area contributed by atoms with Crippen LogP contribution in [0.25, 0.3) is 0 Å². The number of nitrogens with two attached hydrogens (primary N) is 1. The van der Waals surface area contributed by atoms with Crippen LogP contribution in [0, 0.1) is 5.92 Å². The van der Waals surface area contributed by atoms with Crippen LogP contribution in [0.2, 0.25) is 0 Å². The van der Waals surface area contributed by atoms with Gasteiger partial charge in [0.25, 0.3) is 5.91 Å². The van der Waals surface area contributed by atoms with Crippen molar-refractivity contribution in [3.63, 3.8) is 0 Å². The number of carbonyl (C=O) groups is 1. The number of anilines is 1. The van der Waals surface area contributed by atoms with Crippen LogP contribution in [-0.4, -0.2) is 42.0 Å². The Morgan fingerprint density at radius 2 is 2.37 bits per heavy atom. The molecule has 0 saturated carbocycles. The van der Waals surface area contributed by atoms with Crippen molar-refractivity contribution in [2.75, 3.05) is 25.9 Å². The highest BCUT2D eigenvalue weighted by Crippen LogP contribution is 2.19. The number of rotatable bonds is 2. The molecule has 1 aromatic heterocycles. The molecule has 2 atom stereocenters. The second-order valence-corrected chi connectivity index (χ2v) is 6.11. The molecule has 0 aliphatic carbocycles. The van der Waals surface area contributed by atoms with Crippen molar-refractivity contribution >= 4 is 27.7 Å². The standard InChI is InChI=1S/C13H19BrN4O/c1-8-7-18(2)4-3-11(8)17-13(19)10-5-9(14)6-16-12(10)15/h5-6,8,11H,3-4,7H2,1-2H3,(H2,15,16)(H,17,19). The highest BCUT2D eigenvalue weighted by molar-refractivity contribution is 9.10. The molecule has 1 saturated heterocycles. The molecule has 2 rings (SSSR count). The maximum atomic E-state index is 12.2. The van der Waals surface area contributed by atoms with E-state index >= 15 is 0 Å². The maximum absolute atomic E-state index is 12.2. The van der Waals surface area contributed by atoms with Gasteiger partial charge in [0.15, 0.2) is 0 Å². The van der Waals surface area contributed by atoms with Gasteiger partial charge in [0.1, 0.15) is 5.82 Å². The van der Waals surface area contributed by atoms with E-state index in [-0.39, 0.29) is 17.8 Å². The molecular weight excluding hydrogens is 308 g/mol. The topological polar surface area (TPSA) is 71.2 Å². The van der Waals surface area contributed by atoms with Gasteiger partial charge in [-0.05, 0) is 47.9 Å². The SMILES string of the molecule is CC1CN(C)CCC1NC(=O)c1cc(Br)cnc1N. The highest BCUT2D eigenvalue weighted by Gasteiger charge is 2.26. The molecule has 0 radical (unpaired) electrons. The number of aromatic nitrogens is 1. The quantitative estimate of drug-likeness (QED) is 0.863. The van der Waals surface area contributed by atoms with Gasteiger partial charge in [0.05, 0.1) is 5.56 Å². The largest absolute Gasteiger partial charge is 0.383 e. The first-order valence-electron chi connectivity index (χ1n) is 6.38. The second-order valence-electron chi connectivity index (χ2n) is 5.19. The molecule has 1 aromatic rings. The molecule has 1 fully saturated rings. The number of nitrogens with zero attached hydrogens (tertiary/aromatic N) is 2. The summed E-state index contributed by atoms with van der Waals surface area (Å²) >= 11 is 3.30. The first-order chi connectivity index (χ1) is 8.97. The third-order valence-electron chi connectivity index (χ3n) is 3.55. The lowest BCUT2D eigenvalue weighted by atomic mass is 9.94. The molecule has 104 valence electrons. The first kappa shape index (κ1) is 14.3. The number of nitrogen functional groups attached to an aromatic ring is 1. The third-order valence-corrected chi connectivity index (χ3v) is 3.99. The van der Waals surface area contributed by atoms with E-state index in [0.29, 0.717) is 11.5 Å². The van der Waals surface area contributed by atoms with E-state index in [0.717, 1.165) is 24.0 Å². The molecule has 1 aliphatic rings. The van der Waals surface area contributed by atoms with Crippen LogP contribution in [0.15, 0.2) is 16.7 Å². The van der Waals surface area contributed by atoms with Crippen LogP contribution in [0.1, 0.15) is 23.7 Å². The summed E-state index contributed by atoms with van der Waals surface area (Å²) in [5.41, 5.74) is 6.18. The average Bonchev–Trinajstić information content (AvgIpc) is 2.35. The molecule has 2 heterocycles. The van der Waals surface area contributed by atoms with E-state index in [1.54, 1.807) is 12.3 Å². The number of piperidine rings is 1. The van der Waals surface area contributed by atoms with Gasteiger partial charge in [-0.25, -0.2) is 4.98 Å². The lowest BCUT2D eigenvalue weighted by molar-refractivity contribution is 0.0884. The van der Waals surface area contributed by atoms with Crippen LogP contribution >= 0.6 is 15.9 Å². The third kappa shape index (κ3) is 3.45. The minimum Gasteiger partial charge on any atom is -0.383 e. The van der Waals surface area contributed by atoms with Crippen molar-refractivity contribution in [2.24, 2.45) is 5.92 Å². The van der Waals surface area contributed by atoms with E-state index in [9.17, 15) is 4.79 Å². The summed E-state index contributed by atoms with van der Waals surface area (Å²) in [7, 11) is 2.10. The zero-order valence-corrected chi connectivity index (χ0v) is 12.8. The Morgan fingerprint density at radius 1 is 1.63 bits per heavy atom. The van der Waals surface area contributed by atoms with Gasteiger partial charge in [-0.1, -0.05) is 6.92 Å². The smallest absolute Gasteiger partial charge is 0.255 e. The Kier molecular flexibility index (Phi) is 4.42. The van der Waals surface area contributed by atoms with Crippen molar-refractivity contribution in [1.29, 1.82) is 0 Å². The van der Waals surface area contributed by atoms with Gasteiger partial charge in [0, 0.05) is 23.3 Å². The predicted octanol–water partition coefficient (Wildman–Crippen LogP) is 1.50. The summed E-state index contributed by atoms with van der Waals surface area (Å²) < 4.78 is 0.753. The summed E-state index contributed by atoms with van der Waals surface area (Å²) in [5, 5.41) is 3.07. The Hall–Kier alpha value is -1.14. The second kappa shape index (κ2) is 5.88. The minimum atomic E-state index is -0.146. The van der Waals surface area contributed by atoms with Gasteiger partial charge in [-0.15, -0.1) is 0 Å². The summed E-state index contributed by atoms with van der Waals surface area (Å²) in [6.45, 7) is 4.15. The fraction of sp³-hybridized carbons (Fsp3) is 0.538. The van der Waals surface area contributed by atoms with Crippen molar-refractivity contribution in [3.05, 3.63) is 22.3 Å². The normalized spacial score (nSPS) is 24.2. The molecule has 1 aliphatic heterocycles. The van der Waals surface area contributed by atoms with Crippen LogP contribution in [0.3, 0.4) is 0 Å². The molecule has 0 aromatic carbocycles. The van der Waals surface area contributed by atoms with Crippen molar-refractivity contribution < 1.29 is 4.79 Å². The Balaban J connectivity index is 2.06.